The molecule has 0 bridgehead atoms. The van der Waals surface area contributed by atoms with Gasteiger partial charge < -0.3 is 0 Å². The molecular weight excluding hydrogens is 218 g/mol. The lowest BCUT2D eigenvalue weighted by atomic mass is 9.72. The van der Waals surface area contributed by atoms with Crippen molar-refractivity contribution >= 4 is 11.7 Å². The second-order valence-electron chi connectivity index (χ2n) is 4.45. The minimum atomic E-state index is -0.796. The van der Waals surface area contributed by atoms with Crippen LogP contribution in [0.4, 0.5) is 0 Å². The molecule has 1 unspecified atom stereocenters. The molecule has 4 nitrogen and oxygen atoms in total. The Morgan fingerprint density at radius 3 is 2.53 bits per heavy atom. The van der Waals surface area contributed by atoms with Crippen molar-refractivity contribution in [3.63, 3.8) is 0 Å². The molecule has 90 valence electrons. The van der Waals surface area contributed by atoms with Gasteiger partial charge in [0.2, 0.25) is 0 Å². The Labute approximate surface area is 100 Å². The summed E-state index contributed by atoms with van der Waals surface area (Å²) in [6.07, 6.45) is 6.20. The number of ketones is 1. The maximum atomic E-state index is 12.3. The van der Waals surface area contributed by atoms with Crippen LogP contribution < -0.4 is 0 Å². The first-order valence-corrected chi connectivity index (χ1v) is 5.45. The number of nitrogens with zero attached hydrogens (tertiary/aromatic N) is 1. The van der Waals surface area contributed by atoms with Crippen LogP contribution in [0.2, 0.25) is 0 Å². The van der Waals surface area contributed by atoms with Crippen LogP contribution in [0.5, 0.6) is 0 Å². The van der Waals surface area contributed by atoms with Gasteiger partial charge in [-0.25, -0.2) is 5.06 Å². The molecule has 1 saturated heterocycles. The summed E-state index contributed by atoms with van der Waals surface area (Å²) in [4.78, 5) is 28.5. The summed E-state index contributed by atoms with van der Waals surface area (Å²) in [7, 11) is 1.47. The summed E-state index contributed by atoms with van der Waals surface area (Å²) in [5.41, 5.74) is 0.108. The van der Waals surface area contributed by atoms with Crippen LogP contribution in [-0.2, 0) is 14.4 Å². The summed E-state index contributed by atoms with van der Waals surface area (Å²) in [5, 5.41) is 1.32. The SMILES string of the molecule is C=C(C)C1CN(OC)C(=O)C12C=CC(=O)C=C2. The highest BCUT2D eigenvalue weighted by molar-refractivity contribution is 6.03. The largest absolute Gasteiger partial charge is 0.290 e. The van der Waals surface area contributed by atoms with E-state index >= 15 is 0 Å². The Hall–Kier alpha value is -1.68. The number of hydrogen-bond donors (Lipinski definition) is 0. The predicted molar refractivity (Wildman–Crippen MR) is 62.7 cm³/mol. The lowest BCUT2D eigenvalue weighted by Gasteiger charge is -2.27. The van der Waals surface area contributed by atoms with Crippen molar-refractivity contribution in [3.8, 4) is 0 Å². The van der Waals surface area contributed by atoms with E-state index in [4.69, 9.17) is 4.84 Å². The van der Waals surface area contributed by atoms with Crippen LogP contribution in [0.1, 0.15) is 6.92 Å². The van der Waals surface area contributed by atoms with Gasteiger partial charge in [-0.05, 0) is 19.1 Å². The monoisotopic (exact) mass is 233 g/mol. The number of carbonyl (C=O) groups is 2. The van der Waals surface area contributed by atoms with Gasteiger partial charge in [-0.1, -0.05) is 24.3 Å². The molecule has 0 N–H and O–H groups in total. The number of hydrogen-bond acceptors (Lipinski definition) is 3. The summed E-state index contributed by atoms with van der Waals surface area (Å²) in [6, 6.07) is 0. The normalized spacial score (nSPS) is 26.0. The van der Waals surface area contributed by atoms with E-state index in [2.05, 4.69) is 6.58 Å². The van der Waals surface area contributed by atoms with Gasteiger partial charge in [0, 0.05) is 5.92 Å². The topological polar surface area (TPSA) is 46.6 Å². The maximum absolute atomic E-state index is 12.3. The molecule has 1 aliphatic carbocycles. The van der Waals surface area contributed by atoms with E-state index in [-0.39, 0.29) is 17.6 Å². The van der Waals surface area contributed by atoms with Crippen LogP contribution >= 0.6 is 0 Å². The molecule has 1 spiro atoms. The quantitative estimate of drug-likeness (QED) is 0.675. The Balaban J connectivity index is 2.45. The molecule has 1 amide bonds. The zero-order chi connectivity index (χ0) is 12.6. The fraction of sp³-hybridized carbons (Fsp3) is 0.385. The number of amides is 1. The first-order chi connectivity index (χ1) is 8.01. The first-order valence-electron chi connectivity index (χ1n) is 5.45. The van der Waals surface area contributed by atoms with Crippen molar-refractivity contribution in [3.05, 3.63) is 36.5 Å². The molecule has 1 heterocycles. The fourth-order valence-electron chi connectivity index (χ4n) is 2.41. The molecule has 0 radical (unpaired) electrons. The van der Waals surface area contributed by atoms with Crippen molar-refractivity contribution in [2.24, 2.45) is 11.3 Å². The van der Waals surface area contributed by atoms with Crippen molar-refractivity contribution in [1.82, 2.24) is 5.06 Å². The molecule has 2 rings (SSSR count). The number of hydroxylamine groups is 2. The van der Waals surface area contributed by atoms with Gasteiger partial charge >= 0.3 is 0 Å². The highest BCUT2D eigenvalue weighted by Gasteiger charge is 2.52. The Morgan fingerprint density at radius 1 is 1.47 bits per heavy atom. The molecule has 2 aliphatic rings. The average molecular weight is 233 g/mol. The van der Waals surface area contributed by atoms with E-state index in [0.29, 0.717) is 6.54 Å². The van der Waals surface area contributed by atoms with E-state index in [1.165, 1.54) is 24.3 Å². The van der Waals surface area contributed by atoms with Gasteiger partial charge in [0.25, 0.3) is 5.91 Å². The van der Waals surface area contributed by atoms with Crippen LogP contribution in [0.15, 0.2) is 36.5 Å². The van der Waals surface area contributed by atoms with Crippen molar-refractivity contribution in [2.45, 2.75) is 6.92 Å². The highest BCUT2D eigenvalue weighted by atomic mass is 16.7. The van der Waals surface area contributed by atoms with Gasteiger partial charge in [-0.3, -0.25) is 14.4 Å². The van der Waals surface area contributed by atoms with Gasteiger partial charge in [0.05, 0.1) is 19.1 Å². The zero-order valence-electron chi connectivity index (χ0n) is 9.97. The predicted octanol–water partition coefficient (Wildman–Crippen LogP) is 1.26. The van der Waals surface area contributed by atoms with E-state index in [1.807, 2.05) is 6.92 Å². The van der Waals surface area contributed by atoms with Gasteiger partial charge in [0.15, 0.2) is 5.78 Å². The molecule has 1 aliphatic heterocycles. The third-order valence-corrected chi connectivity index (χ3v) is 3.38. The smallest absolute Gasteiger partial charge is 0.260 e. The summed E-state index contributed by atoms with van der Waals surface area (Å²) in [5.74, 6) is -0.302. The first kappa shape index (κ1) is 11.8. The molecule has 1 fully saturated rings. The molecule has 0 aromatic carbocycles. The van der Waals surface area contributed by atoms with E-state index in [9.17, 15) is 9.59 Å². The second kappa shape index (κ2) is 3.96. The molecule has 0 aromatic rings. The van der Waals surface area contributed by atoms with Crippen molar-refractivity contribution < 1.29 is 14.4 Å². The third kappa shape index (κ3) is 1.65. The van der Waals surface area contributed by atoms with Crippen LogP contribution in [0.25, 0.3) is 0 Å². The molecular formula is C13H15NO3. The van der Waals surface area contributed by atoms with Crippen LogP contribution in [0, 0.1) is 11.3 Å². The zero-order valence-corrected chi connectivity index (χ0v) is 9.97. The summed E-state index contributed by atoms with van der Waals surface area (Å²) in [6.45, 7) is 6.27. The standard InChI is InChI=1S/C13H15NO3/c1-9(2)11-8-14(17-3)12(16)13(11)6-4-10(15)5-7-13/h4-7,11H,1,8H2,2-3H3. The molecule has 0 aromatic heterocycles. The lowest BCUT2D eigenvalue weighted by molar-refractivity contribution is -0.170. The number of rotatable bonds is 2. The Bertz CT molecular complexity index is 432. The summed E-state index contributed by atoms with van der Waals surface area (Å²) >= 11 is 0. The van der Waals surface area contributed by atoms with E-state index in [1.54, 1.807) is 12.2 Å². The Kier molecular flexibility index (Phi) is 2.75. The maximum Gasteiger partial charge on any atom is 0.260 e. The van der Waals surface area contributed by atoms with Crippen LogP contribution in [0.3, 0.4) is 0 Å². The molecule has 0 saturated carbocycles. The number of carbonyl (C=O) groups excluding carboxylic acids is 2. The van der Waals surface area contributed by atoms with Crippen LogP contribution in [-0.4, -0.2) is 30.4 Å². The minimum absolute atomic E-state index is 0.0597. The molecule has 1 atom stereocenters. The Morgan fingerprint density at radius 2 is 2.06 bits per heavy atom. The van der Waals surface area contributed by atoms with Crippen molar-refractivity contribution in [2.75, 3.05) is 13.7 Å². The molecule has 4 heteroatoms. The fourth-order valence-corrected chi connectivity index (χ4v) is 2.41. The third-order valence-electron chi connectivity index (χ3n) is 3.38. The summed E-state index contributed by atoms with van der Waals surface area (Å²) < 4.78 is 0. The van der Waals surface area contributed by atoms with E-state index in [0.717, 1.165) is 5.57 Å². The lowest BCUT2D eigenvalue weighted by Crippen LogP contribution is -2.34. The average Bonchev–Trinajstić information content (AvgIpc) is 2.57. The van der Waals surface area contributed by atoms with Crippen molar-refractivity contribution in [1.29, 1.82) is 0 Å². The van der Waals surface area contributed by atoms with E-state index < -0.39 is 5.41 Å². The highest BCUT2D eigenvalue weighted by Crippen LogP contribution is 2.44. The van der Waals surface area contributed by atoms with Gasteiger partial charge in [0.1, 0.15) is 0 Å². The van der Waals surface area contributed by atoms with Gasteiger partial charge in [-0.15, -0.1) is 0 Å². The second-order valence-corrected chi connectivity index (χ2v) is 4.45. The molecule has 17 heavy (non-hydrogen) atoms. The van der Waals surface area contributed by atoms with Gasteiger partial charge in [-0.2, -0.15) is 0 Å². The number of allylic oxidation sites excluding steroid dienone is 2. The minimum Gasteiger partial charge on any atom is -0.290 e.